The van der Waals surface area contributed by atoms with Gasteiger partial charge in [0.1, 0.15) is 0 Å². The molecule has 2 rings (SSSR count). The predicted molar refractivity (Wildman–Crippen MR) is 60.0 cm³/mol. The van der Waals surface area contributed by atoms with Crippen molar-refractivity contribution in [2.75, 3.05) is 27.2 Å². The summed E-state index contributed by atoms with van der Waals surface area (Å²) in [6.45, 7) is 2.33. The average molecular weight is 261 g/mol. The summed E-state index contributed by atoms with van der Waals surface area (Å²) in [5.74, 6) is 0. The van der Waals surface area contributed by atoms with E-state index in [9.17, 15) is 0 Å². The van der Waals surface area contributed by atoms with Crippen LogP contribution in [0.15, 0.2) is 15.9 Å². The molecular weight excluding hydrogens is 248 g/mol. The van der Waals surface area contributed by atoms with Crippen LogP contribution < -0.4 is 0 Å². The van der Waals surface area contributed by atoms with Gasteiger partial charge in [0.25, 0.3) is 0 Å². The van der Waals surface area contributed by atoms with Crippen LogP contribution >= 0.6 is 27.3 Å². The third kappa shape index (κ3) is 1.81. The van der Waals surface area contributed by atoms with Crippen LogP contribution in [0.2, 0.25) is 0 Å². The molecule has 0 saturated carbocycles. The SMILES string of the molecule is CN1CCN(C)C1c1cc(Br)cs1. The van der Waals surface area contributed by atoms with Crippen molar-refractivity contribution >= 4 is 27.3 Å². The van der Waals surface area contributed by atoms with Crippen molar-refractivity contribution in [1.82, 2.24) is 9.80 Å². The minimum Gasteiger partial charge on any atom is -0.285 e. The fourth-order valence-electron chi connectivity index (χ4n) is 1.79. The van der Waals surface area contributed by atoms with Gasteiger partial charge in [-0.2, -0.15) is 0 Å². The van der Waals surface area contributed by atoms with E-state index in [0.717, 1.165) is 13.1 Å². The van der Waals surface area contributed by atoms with Crippen molar-refractivity contribution in [3.05, 3.63) is 20.8 Å². The Bertz CT molecular complexity index is 290. The Kier molecular flexibility index (Phi) is 2.74. The van der Waals surface area contributed by atoms with Crippen molar-refractivity contribution < 1.29 is 0 Å². The van der Waals surface area contributed by atoms with Crippen molar-refractivity contribution in [1.29, 1.82) is 0 Å². The van der Waals surface area contributed by atoms with Gasteiger partial charge in [-0.15, -0.1) is 11.3 Å². The molecule has 13 heavy (non-hydrogen) atoms. The first kappa shape index (κ1) is 9.65. The maximum Gasteiger partial charge on any atom is 0.0976 e. The summed E-state index contributed by atoms with van der Waals surface area (Å²) in [6.07, 6.45) is 0.483. The topological polar surface area (TPSA) is 6.48 Å². The van der Waals surface area contributed by atoms with Crippen LogP contribution in [-0.2, 0) is 0 Å². The largest absolute Gasteiger partial charge is 0.285 e. The smallest absolute Gasteiger partial charge is 0.0976 e. The summed E-state index contributed by atoms with van der Waals surface area (Å²) in [4.78, 5) is 6.20. The highest BCUT2D eigenvalue weighted by molar-refractivity contribution is 9.10. The second-order valence-electron chi connectivity index (χ2n) is 3.50. The Labute approximate surface area is 91.3 Å². The van der Waals surface area contributed by atoms with Crippen LogP contribution in [0.4, 0.5) is 0 Å². The zero-order valence-corrected chi connectivity index (χ0v) is 10.2. The van der Waals surface area contributed by atoms with Crippen LogP contribution in [0.5, 0.6) is 0 Å². The first-order chi connectivity index (χ1) is 6.18. The fourth-order valence-corrected chi connectivity index (χ4v) is 3.47. The van der Waals surface area contributed by atoms with E-state index in [1.165, 1.54) is 9.35 Å². The molecule has 4 heteroatoms. The molecule has 2 heterocycles. The molecule has 0 spiro atoms. The fraction of sp³-hybridized carbons (Fsp3) is 0.556. The van der Waals surface area contributed by atoms with Crippen molar-refractivity contribution in [2.45, 2.75) is 6.17 Å². The molecule has 72 valence electrons. The molecule has 1 aromatic rings. The van der Waals surface area contributed by atoms with E-state index < -0.39 is 0 Å². The summed E-state index contributed by atoms with van der Waals surface area (Å²) in [5, 5.41) is 2.15. The highest BCUT2D eigenvalue weighted by atomic mass is 79.9. The second-order valence-corrected chi connectivity index (χ2v) is 5.36. The van der Waals surface area contributed by atoms with Gasteiger partial charge in [-0.1, -0.05) is 0 Å². The quantitative estimate of drug-likeness (QED) is 0.766. The second kappa shape index (κ2) is 3.69. The maximum atomic E-state index is 3.49. The third-order valence-corrected chi connectivity index (χ3v) is 4.22. The van der Waals surface area contributed by atoms with Crippen molar-refractivity contribution in [2.24, 2.45) is 0 Å². The average Bonchev–Trinajstić information content (AvgIpc) is 2.60. The molecule has 0 bridgehead atoms. The van der Waals surface area contributed by atoms with Crippen LogP contribution in [0.1, 0.15) is 11.0 Å². The molecule has 1 fully saturated rings. The monoisotopic (exact) mass is 260 g/mol. The Morgan fingerprint density at radius 1 is 1.38 bits per heavy atom. The lowest BCUT2D eigenvalue weighted by molar-refractivity contribution is 0.194. The Morgan fingerprint density at radius 3 is 2.46 bits per heavy atom. The molecule has 0 atom stereocenters. The molecule has 1 aromatic heterocycles. The molecule has 0 unspecified atom stereocenters. The minimum absolute atomic E-state index is 0.483. The van der Waals surface area contributed by atoms with Crippen LogP contribution in [0, 0.1) is 0 Å². The lowest BCUT2D eigenvalue weighted by Gasteiger charge is -2.23. The first-order valence-corrected chi connectivity index (χ1v) is 6.00. The summed E-state index contributed by atoms with van der Waals surface area (Å²) in [6, 6.07) is 2.22. The number of nitrogens with zero attached hydrogens (tertiary/aromatic N) is 2. The summed E-state index contributed by atoms with van der Waals surface area (Å²) < 4.78 is 1.20. The van der Waals surface area contributed by atoms with Gasteiger partial charge < -0.3 is 0 Å². The maximum absolute atomic E-state index is 3.49. The Hall–Kier alpha value is 0.1000. The standard InChI is InChI=1S/C9H13BrN2S/c1-11-3-4-12(2)9(11)8-5-7(10)6-13-8/h5-6,9H,3-4H2,1-2H3. The van der Waals surface area contributed by atoms with Gasteiger partial charge in [-0.05, 0) is 36.1 Å². The zero-order chi connectivity index (χ0) is 9.42. The number of hydrogen-bond donors (Lipinski definition) is 0. The van der Waals surface area contributed by atoms with Gasteiger partial charge >= 0.3 is 0 Å². The van der Waals surface area contributed by atoms with Gasteiger partial charge in [0, 0.05) is 27.8 Å². The molecule has 0 aliphatic carbocycles. The number of likely N-dealkylation sites (N-methyl/N-ethyl adjacent to an activating group) is 2. The predicted octanol–water partition coefficient (Wildman–Crippen LogP) is 2.39. The van der Waals surface area contributed by atoms with E-state index >= 15 is 0 Å². The number of hydrogen-bond acceptors (Lipinski definition) is 3. The Morgan fingerprint density at radius 2 is 2.00 bits per heavy atom. The van der Waals surface area contributed by atoms with Crippen molar-refractivity contribution in [3.63, 3.8) is 0 Å². The van der Waals surface area contributed by atoms with E-state index in [1.54, 1.807) is 0 Å². The highest BCUT2D eigenvalue weighted by Gasteiger charge is 2.28. The summed E-state index contributed by atoms with van der Waals surface area (Å²) >= 11 is 5.32. The summed E-state index contributed by atoms with van der Waals surface area (Å²) in [7, 11) is 4.36. The number of thiophene rings is 1. The van der Waals surface area contributed by atoms with E-state index in [0.29, 0.717) is 6.17 Å². The molecule has 0 radical (unpaired) electrons. The third-order valence-electron chi connectivity index (χ3n) is 2.48. The minimum atomic E-state index is 0.483. The van der Waals surface area contributed by atoms with Gasteiger partial charge in [-0.3, -0.25) is 9.80 Å². The van der Waals surface area contributed by atoms with E-state index in [-0.39, 0.29) is 0 Å². The van der Waals surface area contributed by atoms with Gasteiger partial charge in [0.05, 0.1) is 6.17 Å². The normalized spacial score (nSPS) is 21.5. The number of rotatable bonds is 1. The number of halogens is 1. The Balaban J connectivity index is 2.24. The first-order valence-electron chi connectivity index (χ1n) is 4.33. The molecule has 1 aliphatic rings. The van der Waals surface area contributed by atoms with Crippen LogP contribution in [0.3, 0.4) is 0 Å². The molecule has 1 saturated heterocycles. The van der Waals surface area contributed by atoms with E-state index in [2.05, 4.69) is 51.3 Å². The van der Waals surface area contributed by atoms with Crippen molar-refractivity contribution in [3.8, 4) is 0 Å². The van der Waals surface area contributed by atoms with E-state index in [4.69, 9.17) is 0 Å². The van der Waals surface area contributed by atoms with Gasteiger partial charge in [-0.25, -0.2) is 0 Å². The highest BCUT2D eigenvalue weighted by Crippen LogP contribution is 2.33. The molecule has 0 amide bonds. The molecule has 0 N–H and O–H groups in total. The molecular formula is C9H13BrN2S. The lowest BCUT2D eigenvalue weighted by atomic mass is 10.3. The molecule has 1 aliphatic heterocycles. The van der Waals surface area contributed by atoms with Crippen LogP contribution in [-0.4, -0.2) is 37.0 Å². The van der Waals surface area contributed by atoms with Crippen LogP contribution in [0.25, 0.3) is 0 Å². The van der Waals surface area contributed by atoms with Gasteiger partial charge in [0.2, 0.25) is 0 Å². The van der Waals surface area contributed by atoms with Gasteiger partial charge in [0.15, 0.2) is 0 Å². The zero-order valence-electron chi connectivity index (χ0n) is 7.83. The molecule has 2 nitrogen and oxygen atoms in total. The summed E-state index contributed by atoms with van der Waals surface area (Å²) in [5.41, 5.74) is 0. The van der Waals surface area contributed by atoms with E-state index in [1.807, 2.05) is 11.3 Å². The molecule has 0 aromatic carbocycles. The lowest BCUT2D eigenvalue weighted by Crippen LogP contribution is -2.24.